The minimum atomic E-state index is -0.359. The molecule has 0 aliphatic rings. The number of benzene rings is 1. The fourth-order valence-electron chi connectivity index (χ4n) is 1.11. The summed E-state index contributed by atoms with van der Waals surface area (Å²) in [6, 6.07) is 4.16. The third-order valence-electron chi connectivity index (χ3n) is 1.78. The van der Waals surface area contributed by atoms with Crippen LogP contribution in [0.2, 0.25) is 5.02 Å². The first-order chi connectivity index (χ1) is 6.15. The molecule has 1 rings (SSSR count). The Kier molecular flexibility index (Phi) is 3.46. The van der Waals surface area contributed by atoms with Crippen LogP contribution in [0, 0.1) is 5.82 Å². The molecule has 0 bridgehead atoms. The first-order valence-electron chi connectivity index (χ1n) is 3.96. The molecule has 0 aromatic heterocycles. The van der Waals surface area contributed by atoms with Crippen LogP contribution in [0.15, 0.2) is 30.9 Å². The van der Waals surface area contributed by atoms with Gasteiger partial charge in [0.2, 0.25) is 0 Å². The Morgan fingerprint density at radius 1 is 1.62 bits per heavy atom. The Hall–Kier alpha value is -0.860. The van der Waals surface area contributed by atoms with Crippen LogP contribution >= 0.6 is 11.6 Å². The van der Waals surface area contributed by atoms with E-state index in [4.69, 9.17) is 17.3 Å². The van der Waals surface area contributed by atoms with Gasteiger partial charge in [0, 0.05) is 16.6 Å². The minimum absolute atomic E-state index is 0.338. The number of hydrogen-bond acceptors (Lipinski definition) is 1. The Bertz CT molecular complexity index is 312. The maximum absolute atomic E-state index is 13.2. The zero-order valence-electron chi connectivity index (χ0n) is 7.13. The largest absolute Gasteiger partial charge is 0.324 e. The molecule has 0 aliphatic heterocycles. The van der Waals surface area contributed by atoms with E-state index in [1.807, 2.05) is 0 Å². The van der Waals surface area contributed by atoms with Crippen molar-refractivity contribution in [2.45, 2.75) is 12.5 Å². The van der Waals surface area contributed by atoms with Crippen molar-refractivity contribution < 1.29 is 4.39 Å². The number of rotatable bonds is 3. The highest BCUT2D eigenvalue weighted by molar-refractivity contribution is 6.30. The van der Waals surface area contributed by atoms with Gasteiger partial charge >= 0.3 is 0 Å². The molecular formula is C10H11ClFN. The van der Waals surface area contributed by atoms with Crippen molar-refractivity contribution in [2.75, 3.05) is 0 Å². The molecule has 0 fully saturated rings. The topological polar surface area (TPSA) is 26.0 Å². The fraction of sp³-hybridized carbons (Fsp3) is 0.200. The Balaban J connectivity index is 2.94. The average Bonchev–Trinajstić information content (AvgIpc) is 2.04. The molecule has 13 heavy (non-hydrogen) atoms. The van der Waals surface area contributed by atoms with E-state index < -0.39 is 0 Å². The molecule has 1 atom stereocenters. The van der Waals surface area contributed by atoms with E-state index in [0.29, 0.717) is 17.0 Å². The number of hydrogen-bond donors (Lipinski definition) is 1. The smallest absolute Gasteiger partial charge is 0.129 e. The van der Waals surface area contributed by atoms with Gasteiger partial charge in [-0.05, 0) is 18.6 Å². The summed E-state index contributed by atoms with van der Waals surface area (Å²) in [5, 5.41) is 0.382. The molecule has 0 heterocycles. The first-order valence-corrected chi connectivity index (χ1v) is 4.34. The molecule has 0 amide bonds. The molecule has 70 valence electrons. The van der Waals surface area contributed by atoms with E-state index in [-0.39, 0.29) is 11.9 Å². The molecule has 0 saturated heterocycles. The normalized spacial score (nSPS) is 12.5. The second-order valence-electron chi connectivity index (χ2n) is 2.80. The quantitative estimate of drug-likeness (QED) is 0.744. The zero-order chi connectivity index (χ0) is 9.84. The van der Waals surface area contributed by atoms with Gasteiger partial charge < -0.3 is 5.73 Å². The van der Waals surface area contributed by atoms with Crippen molar-refractivity contribution in [3.8, 4) is 0 Å². The molecule has 0 aliphatic carbocycles. The molecule has 0 spiro atoms. The summed E-state index contributed by atoms with van der Waals surface area (Å²) in [6.07, 6.45) is 2.22. The Morgan fingerprint density at radius 3 is 2.85 bits per heavy atom. The van der Waals surface area contributed by atoms with Gasteiger partial charge in [-0.2, -0.15) is 0 Å². The van der Waals surface area contributed by atoms with Crippen molar-refractivity contribution in [3.05, 3.63) is 47.3 Å². The Labute approximate surface area is 82.0 Å². The lowest BCUT2D eigenvalue weighted by Crippen LogP contribution is -2.10. The van der Waals surface area contributed by atoms with Gasteiger partial charge in [-0.3, -0.25) is 0 Å². The summed E-state index contributed by atoms with van der Waals surface area (Å²) in [5.41, 5.74) is 6.18. The highest BCUT2D eigenvalue weighted by atomic mass is 35.5. The van der Waals surface area contributed by atoms with Crippen LogP contribution in [-0.4, -0.2) is 0 Å². The molecule has 2 N–H and O–H groups in total. The van der Waals surface area contributed by atoms with Crippen molar-refractivity contribution >= 4 is 11.6 Å². The SMILES string of the molecule is C=CCC(N)c1ccc(Cl)cc1F. The highest BCUT2D eigenvalue weighted by Gasteiger charge is 2.09. The molecule has 1 aromatic carbocycles. The van der Waals surface area contributed by atoms with Gasteiger partial charge in [-0.25, -0.2) is 4.39 Å². The summed E-state index contributed by atoms with van der Waals surface area (Å²) in [4.78, 5) is 0. The average molecular weight is 200 g/mol. The van der Waals surface area contributed by atoms with Gasteiger partial charge in [0.25, 0.3) is 0 Å². The lowest BCUT2D eigenvalue weighted by atomic mass is 10.0. The minimum Gasteiger partial charge on any atom is -0.324 e. The lowest BCUT2D eigenvalue weighted by Gasteiger charge is -2.10. The number of halogens is 2. The summed E-state index contributed by atoms with van der Waals surface area (Å²) in [6.45, 7) is 3.54. The second kappa shape index (κ2) is 4.40. The van der Waals surface area contributed by atoms with Crippen LogP contribution in [0.4, 0.5) is 4.39 Å². The fourth-order valence-corrected chi connectivity index (χ4v) is 1.27. The molecule has 1 nitrogen and oxygen atoms in total. The zero-order valence-corrected chi connectivity index (χ0v) is 7.89. The molecule has 3 heteroatoms. The summed E-state index contributed by atoms with van der Waals surface area (Å²) in [5.74, 6) is -0.359. The predicted molar refractivity (Wildman–Crippen MR) is 53.2 cm³/mol. The van der Waals surface area contributed by atoms with Gasteiger partial charge in [0.05, 0.1) is 0 Å². The van der Waals surface area contributed by atoms with E-state index in [0.717, 1.165) is 0 Å². The Morgan fingerprint density at radius 2 is 2.31 bits per heavy atom. The highest BCUT2D eigenvalue weighted by Crippen LogP contribution is 2.21. The van der Waals surface area contributed by atoms with Crippen LogP contribution in [0.5, 0.6) is 0 Å². The van der Waals surface area contributed by atoms with Crippen LogP contribution < -0.4 is 5.73 Å². The number of nitrogens with two attached hydrogens (primary N) is 1. The van der Waals surface area contributed by atoms with Crippen molar-refractivity contribution in [3.63, 3.8) is 0 Å². The van der Waals surface area contributed by atoms with Crippen molar-refractivity contribution in [1.29, 1.82) is 0 Å². The maximum atomic E-state index is 13.2. The summed E-state index contributed by atoms with van der Waals surface area (Å²) < 4.78 is 13.2. The maximum Gasteiger partial charge on any atom is 0.129 e. The van der Waals surface area contributed by atoms with Crippen molar-refractivity contribution in [2.24, 2.45) is 5.73 Å². The van der Waals surface area contributed by atoms with Gasteiger partial charge in [-0.15, -0.1) is 6.58 Å². The first kappa shape index (κ1) is 10.2. The van der Waals surface area contributed by atoms with E-state index in [1.54, 1.807) is 18.2 Å². The molecule has 1 aromatic rings. The standard InChI is InChI=1S/C10H11ClFN/c1-2-3-10(13)8-5-4-7(11)6-9(8)12/h2,4-6,10H,1,3,13H2. The van der Waals surface area contributed by atoms with Gasteiger partial charge in [-0.1, -0.05) is 23.7 Å². The van der Waals surface area contributed by atoms with Crippen LogP contribution in [0.1, 0.15) is 18.0 Å². The van der Waals surface area contributed by atoms with Crippen LogP contribution in [0.3, 0.4) is 0 Å². The van der Waals surface area contributed by atoms with Gasteiger partial charge in [0.1, 0.15) is 5.82 Å². The van der Waals surface area contributed by atoms with Crippen LogP contribution in [-0.2, 0) is 0 Å². The van der Waals surface area contributed by atoms with E-state index >= 15 is 0 Å². The monoisotopic (exact) mass is 199 g/mol. The second-order valence-corrected chi connectivity index (χ2v) is 3.23. The van der Waals surface area contributed by atoms with E-state index in [1.165, 1.54) is 6.07 Å². The molecule has 0 saturated carbocycles. The predicted octanol–water partition coefficient (Wildman–Crippen LogP) is 3.06. The van der Waals surface area contributed by atoms with Gasteiger partial charge in [0.15, 0.2) is 0 Å². The third-order valence-corrected chi connectivity index (χ3v) is 2.02. The van der Waals surface area contributed by atoms with E-state index in [2.05, 4.69) is 6.58 Å². The summed E-state index contributed by atoms with van der Waals surface area (Å²) in [7, 11) is 0. The third kappa shape index (κ3) is 2.54. The molecular weight excluding hydrogens is 189 g/mol. The lowest BCUT2D eigenvalue weighted by molar-refractivity contribution is 0.583. The molecule has 1 unspecified atom stereocenters. The van der Waals surface area contributed by atoms with Crippen LogP contribution in [0.25, 0.3) is 0 Å². The van der Waals surface area contributed by atoms with Crippen molar-refractivity contribution in [1.82, 2.24) is 0 Å². The summed E-state index contributed by atoms with van der Waals surface area (Å²) >= 11 is 5.60. The molecule has 0 radical (unpaired) electrons. The van der Waals surface area contributed by atoms with E-state index in [9.17, 15) is 4.39 Å².